The van der Waals surface area contributed by atoms with Gasteiger partial charge in [0.1, 0.15) is 0 Å². The van der Waals surface area contributed by atoms with Crippen molar-refractivity contribution in [3.8, 4) is 0 Å². The zero-order chi connectivity index (χ0) is 13.9. The van der Waals surface area contributed by atoms with Crippen molar-refractivity contribution in [2.24, 2.45) is 0 Å². The Labute approximate surface area is 127 Å². The highest BCUT2D eigenvalue weighted by molar-refractivity contribution is 7.10. The number of ether oxygens (including phenoxy) is 1. The Morgan fingerprint density at radius 1 is 1.35 bits per heavy atom. The quantitative estimate of drug-likeness (QED) is 0.820. The molecule has 0 aliphatic carbocycles. The van der Waals surface area contributed by atoms with Crippen LogP contribution in [0.3, 0.4) is 0 Å². The van der Waals surface area contributed by atoms with E-state index in [1.54, 1.807) is 11.3 Å². The molecule has 1 aromatic heterocycles. The van der Waals surface area contributed by atoms with Gasteiger partial charge in [-0.1, -0.05) is 17.7 Å². The fourth-order valence-corrected chi connectivity index (χ4v) is 3.29. The molecule has 2 atom stereocenters. The molecule has 2 aromatic rings. The maximum atomic E-state index is 5.95. The monoisotopic (exact) mass is 309 g/mol. The van der Waals surface area contributed by atoms with Crippen LogP contribution >= 0.6 is 22.9 Å². The molecule has 1 saturated heterocycles. The molecule has 5 heteroatoms. The summed E-state index contributed by atoms with van der Waals surface area (Å²) in [5, 5.41) is 4.74. The molecule has 0 spiro atoms. The molecule has 2 heterocycles. The van der Waals surface area contributed by atoms with Gasteiger partial charge in [0, 0.05) is 22.9 Å². The Morgan fingerprint density at radius 3 is 2.80 bits per heavy atom. The van der Waals surface area contributed by atoms with Crippen LogP contribution in [0.15, 0.2) is 41.8 Å². The summed E-state index contributed by atoms with van der Waals surface area (Å²) in [5.41, 5.74) is 0.995. The summed E-state index contributed by atoms with van der Waals surface area (Å²) in [4.78, 5) is 7.22. The fraction of sp³-hybridized carbons (Fsp3) is 0.333. The number of rotatable bonds is 4. The lowest BCUT2D eigenvalue weighted by atomic mass is 10.1. The number of halogens is 1. The molecular weight excluding hydrogens is 294 g/mol. The summed E-state index contributed by atoms with van der Waals surface area (Å²) in [6.45, 7) is 2.63. The van der Waals surface area contributed by atoms with Gasteiger partial charge in [0.05, 0.1) is 11.7 Å². The molecule has 0 radical (unpaired) electrons. The van der Waals surface area contributed by atoms with Gasteiger partial charge in [-0.25, -0.2) is 9.90 Å². The molecular formula is C15H16ClNO2S. The van der Waals surface area contributed by atoms with E-state index in [1.807, 2.05) is 36.3 Å². The minimum Gasteiger partial charge on any atom is -0.350 e. The Kier molecular flexibility index (Phi) is 4.27. The van der Waals surface area contributed by atoms with Crippen molar-refractivity contribution < 1.29 is 9.57 Å². The van der Waals surface area contributed by atoms with E-state index in [0.717, 1.165) is 17.1 Å². The third-order valence-corrected chi connectivity index (χ3v) is 4.46. The number of thiophene rings is 1. The third kappa shape index (κ3) is 2.83. The molecule has 3 rings (SSSR count). The smallest absolute Gasteiger partial charge is 0.186 e. The van der Waals surface area contributed by atoms with E-state index in [4.69, 9.17) is 21.2 Å². The molecule has 0 saturated carbocycles. The van der Waals surface area contributed by atoms with Crippen molar-refractivity contribution in [3.05, 3.63) is 51.7 Å². The van der Waals surface area contributed by atoms with Crippen molar-refractivity contribution in [2.45, 2.75) is 25.7 Å². The van der Waals surface area contributed by atoms with Crippen LogP contribution in [0.4, 0.5) is 5.69 Å². The molecule has 1 aliphatic heterocycles. The van der Waals surface area contributed by atoms with Crippen molar-refractivity contribution in [3.63, 3.8) is 0 Å². The van der Waals surface area contributed by atoms with E-state index in [9.17, 15) is 0 Å². The zero-order valence-corrected chi connectivity index (χ0v) is 12.7. The molecule has 0 amide bonds. The van der Waals surface area contributed by atoms with Crippen LogP contribution in [0.25, 0.3) is 0 Å². The predicted octanol–water partition coefficient (Wildman–Crippen LogP) is 4.65. The normalized spacial score (nSPS) is 22.4. The van der Waals surface area contributed by atoms with Gasteiger partial charge in [-0.3, -0.25) is 0 Å². The summed E-state index contributed by atoms with van der Waals surface area (Å²) in [6.07, 6.45) is 0.638. The zero-order valence-electron chi connectivity index (χ0n) is 11.2. The van der Waals surface area contributed by atoms with Gasteiger partial charge < -0.3 is 4.74 Å². The molecule has 0 unspecified atom stereocenters. The number of hydrogen-bond acceptors (Lipinski definition) is 4. The Bertz CT molecular complexity index is 544. The van der Waals surface area contributed by atoms with Crippen LogP contribution in [-0.2, 0) is 9.57 Å². The van der Waals surface area contributed by atoms with Crippen molar-refractivity contribution in [1.82, 2.24) is 0 Å². The summed E-state index contributed by atoms with van der Waals surface area (Å²) < 4.78 is 5.62. The van der Waals surface area contributed by atoms with Crippen LogP contribution in [0.2, 0.25) is 5.02 Å². The van der Waals surface area contributed by atoms with E-state index in [-0.39, 0.29) is 12.3 Å². The maximum Gasteiger partial charge on any atom is 0.186 e. The van der Waals surface area contributed by atoms with E-state index >= 15 is 0 Å². The van der Waals surface area contributed by atoms with E-state index in [2.05, 4.69) is 17.5 Å². The first-order chi connectivity index (χ1) is 9.78. The Morgan fingerprint density at radius 2 is 2.15 bits per heavy atom. The lowest BCUT2D eigenvalue weighted by Crippen LogP contribution is -2.22. The Hall–Kier alpha value is -1.07. The van der Waals surface area contributed by atoms with E-state index in [1.165, 1.54) is 4.88 Å². The van der Waals surface area contributed by atoms with Gasteiger partial charge in [-0.05, 0) is 42.6 Å². The first kappa shape index (κ1) is 13.9. The topological polar surface area (TPSA) is 21.7 Å². The van der Waals surface area contributed by atoms with Gasteiger partial charge in [0.15, 0.2) is 6.29 Å². The van der Waals surface area contributed by atoms with Crippen molar-refractivity contribution >= 4 is 28.6 Å². The van der Waals surface area contributed by atoms with Crippen molar-refractivity contribution in [2.75, 3.05) is 11.7 Å². The number of hydroxylamine groups is 1. The van der Waals surface area contributed by atoms with Crippen LogP contribution in [0, 0.1) is 0 Å². The third-order valence-electron chi connectivity index (χ3n) is 3.24. The van der Waals surface area contributed by atoms with Gasteiger partial charge in [-0.15, -0.1) is 11.3 Å². The number of hydrogen-bond donors (Lipinski definition) is 0. The molecule has 3 nitrogen and oxygen atoms in total. The number of nitrogens with zero attached hydrogens (tertiary/aromatic N) is 1. The molecule has 20 heavy (non-hydrogen) atoms. The molecule has 1 aromatic carbocycles. The lowest BCUT2D eigenvalue weighted by Gasteiger charge is -2.23. The summed E-state index contributed by atoms with van der Waals surface area (Å²) in [7, 11) is 0. The van der Waals surface area contributed by atoms with E-state index in [0.29, 0.717) is 6.61 Å². The second-order valence-electron chi connectivity index (χ2n) is 4.56. The molecule has 106 valence electrons. The van der Waals surface area contributed by atoms with E-state index < -0.39 is 0 Å². The second kappa shape index (κ2) is 6.14. The fourth-order valence-electron chi connectivity index (χ4n) is 2.35. The highest BCUT2D eigenvalue weighted by Gasteiger charge is 2.35. The highest BCUT2D eigenvalue weighted by atomic mass is 35.5. The maximum absolute atomic E-state index is 5.95. The lowest BCUT2D eigenvalue weighted by molar-refractivity contribution is -0.115. The first-order valence-corrected chi connectivity index (χ1v) is 7.90. The minimum absolute atomic E-state index is 0.188. The predicted molar refractivity (Wildman–Crippen MR) is 82.1 cm³/mol. The summed E-state index contributed by atoms with van der Waals surface area (Å²) in [5.74, 6) is 0. The van der Waals surface area contributed by atoms with Crippen LogP contribution in [-0.4, -0.2) is 12.9 Å². The van der Waals surface area contributed by atoms with Gasteiger partial charge in [0.25, 0.3) is 0 Å². The average Bonchev–Trinajstić information content (AvgIpc) is 3.08. The number of anilines is 1. The van der Waals surface area contributed by atoms with Gasteiger partial charge in [0.2, 0.25) is 0 Å². The first-order valence-electron chi connectivity index (χ1n) is 6.64. The average molecular weight is 310 g/mol. The summed E-state index contributed by atoms with van der Waals surface area (Å²) in [6, 6.07) is 12.1. The molecule has 1 aliphatic rings. The largest absolute Gasteiger partial charge is 0.350 e. The second-order valence-corrected chi connectivity index (χ2v) is 5.98. The van der Waals surface area contributed by atoms with Crippen LogP contribution < -0.4 is 5.06 Å². The summed E-state index contributed by atoms with van der Waals surface area (Å²) >= 11 is 7.69. The van der Waals surface area contributed by atoms with Crippen LogP contribution in [0.5, 0.6) is 0 Å². The molecule has 0 N–H and O–H groups in total. The van der Waals surface area contributed by atoms with Gasteiger partial charge >= 0.3 is 0 Å². The highest BCUT2D eigenvalue weighted by Crippen LogP contribution is 2.40. The van der Waals surface area contributed by atoms with Gasteiger partial charge in [-0.2, -0.15) is 0 Å². The number of benzene rings is 1. The Balaban J connectivity index is 1.87. The van der Waals surface area contributed by atoms with Crippen LogP contribution in [0.1, 0.15) is 24.3 Å². The SMILES string of the molecule is CCO[C@H]1C[C@H](c2cccs2)N(c2ccc(Cl)cc2)O1. The molecule has 0 bridgehead atoms. The standard InChI is InChI=1S/C15H16ClNO2S/c1-2-18-15-10-13(14-4-3-9-20-14)17(19-15)12-7-5-11(16)6-8-12/h3-9,13,15H,2,10H2,1H3/t13-,15-/m1/s1. The van der Waals surface area contributed by atoms with Crippen molar-refractivity contribution in [1.29, 1.82) is 0 Å². The minimum atomic E-state index is -0.192. The molecule has 1 fully saturated rings.